The van der Waals surface area contributed by atoms with Crippen molar-refractivity contribution >= 4 is 5.82 Å². The van der Waals surface area contributed by atoms with E-state index in [0.717, 1.165) is 44.1 Å². The molecule has 0 aromatic carbocycles. The molecule has 21 heavy (non-hydrogen) atoms. The lowest BCUT2D eigenvalue weighted by molar-refractivity contribution is 0.145. The standard InChI is InChI=1S/C17H23N3O/c21-15-9-12-20(13-10-15)17-8-11-18-16(19-17)7-3-6-14-4-1-2-5-14/h8,11,14-15,21H,1-2,4-6,9-10,12-13H2. The Morgan fingerprint density at radius 1 is 1.19 bits per heavy atom. The maximum absolute atomic E-state index is 9.57. The van der Waals surface area contributed by atoms with Crippen LogP contribution in [-0.4, -0.2) is 34.3 Å². The molecule has 4 nitrogen and oxygen atoms in total. The number of hydrogen-bond donors (Lipinski definition) is 1. The first kappa shape index (κ1) is 14.3. The number of anilines is 1. The monoisotopic (exact) mass is 285 g/mol. The lowest BCUT2D eigenvalue weighted by atomic mass is 10.1. The van der Waals surface area contributed by atoms with Crippen LogP contribution in [0.2, 0.25) is 0 Å². The Hall–Kier alpha value is -1.60. The third-order valence-corrected chi connectivity index (χ3v) is 4.50. The summed E-state index contributed by atoms with van der Waals surface area (Å²) in [6.07, 6.45) is 9.60. The van der Waals surface area contributed by atoms with Gasteiger partial charge in [0.05, 0.1) is 6.10 Å². The number of nitrogens with zero attached hydrogens (tertiary/aromatic N) is 3. The van der Waals surface area contributed by atoms with Gasteiger partial charge in [0.25, 0.3) is 0 Å². The van der Waals surface area contributed by atoms with Gasteiger partial charge in [0.15, 0.2) is 0 Å². The van der Waals surface area contributed by atoms with E-state index in [4.69, 9.17) is 0 Å². The van der Waals surface area contributed by atoms with E-state index >= 15 is 0 Å². The molecular formula is C17H23N3O. The van der Waals surface area contributed by atoms with Crippen LogP contribution in [0.5, 0.6) is 0 Å². The van der Waals surface area contributed by atoms with Gasteiger partial charge in [-0.05, 0) is 43.6 Å². The molecule has 0 spiro atoms. The van der Waals surface area contributed by atoms with E-state index in [9.17, 15) is 5.11 Å². The van der Waals surface area contributed by atoms with Crippen molar-refractivity contribution in [3.05, 3.63) is 18.1 Å². The normalized spacial score (nSPS) is 20.3. The molecule has 1 aliphatic carbocycles. The Balaban J connectivity index is 1.61. The second-order valence-electron chi connectivity index (χ2n) is 6.11. The molecule has 2 fully saturated rings. The van der Waals surface area contributed by atoms with Crippen molar-refractivity contribution in [2.45, 2.75) is 51.0 Å². The number of aromatic nitrogens is 2. The SMILES string of the molecule is OC1CCN(c2ccnc(C#CCC3CCCC3)n2)CC1. The molecule has 0 amide bonds. The van der Waals surface area contributed by atoms with Gasteiger partial charge in [-0.15, -0.1) is 0 Å². The zero-order valence-corrected chi connectivity index (χ0v) is 12.5. The molecule has 3 rings (SSSR count). The van der Waals surface area contributed by atoms with E-state index in [1.54, 1.807) is 6.20 Å². The Bertz CT molecular complexity index is 520. The molecule has 2 heterocycles. The number of aliphatic hydroxyl groups excluding tert-OH is 1. The largest absolute Gasteiger partial charge is 0.393 e. The van der Waals surface area contributed by atoms with E-state index in [-0.39, 0.29) is 6.10 Å². The van der Waals surface area contributed by atoms with Crippen LogP contribution < -0.4 is 4.90 Å². The molecule has 0 radical (unpaired) electrons. The van der Waals surface area contributed by atoms with Crippen LogP contribution in [0.1, 0.15) is 50.8 Å². The van der Waals surface area contributed by atoms with Crippen LogP contribution in [-0.2, 0) is 0 Å². The summed E-state index contributed by atoms with van der Waals surface area (Å²) in [7, 11) is 0. The lowest BCUT2D eigenvalue weighted by Crippen LogP contribution is -2.36. The summed E-state index contributed by atoms with van der Waals surface area (Å²) >= 11 is 0. The zero-order chi connectivity index (χ0) is 14.5. The molecule has 0 atom stereocenters. The molecule has 1 aromatic heterocycles. The summed E-state index contributed by atoms with van der Waals surface area (Å²) in [5.74, 6) is 8.69. The number of piperidine rings is 1. The first-order valence-electron chi connectivity index (χ1n) is 8.06. The van der Waals surface area contributed by atoms with Gasteiger partial charge in [-0.3, -0.25) is 0 Å². The highest BCUT2D eigenvalue weighted by Gasteiger charge is 2.18. The van der Waals surface area contributed by atoms with Gasteiger partial charge in [0.1, 0.15) is 5.82 Å². The zero-order valence-electron chi connectivity index (χ0n) is 12.5. The second-order valence-corrected chi connectivity index (χ2v) is 6.11. The average Bonchev–Trinajstić information content (AvgIpc) is 3.02. The minimum Gasteiger partial charge on any atom is -0.393 e. The molecule has 1 aliphatic heterocycles. The maximum atomic E-state index is 9.57. The van der Waals surface area contributed by atoms with Gasteiger partial charge >= 0.3 is 0 Å². The third-order valence-electron chi connectivity index (χ3n) is 4.50. The molecule has 1 saturated carbocycles. The number of aliphatic hydroxyl groups is 1. The number of hydrogen-bond acceptors (Lipinski definition) is 4. The fourth-order valence-corrected chi connectivity index (χ4v) is 3.17. The van der Waals surface area contributed by atoms with Crippen LogP contribution in [0.15, 0.2) is 12.3 Å². The van der Waals surface area contributed by atoms with Crippen molar-refractivity contribution in [3.63, 3.8) is 0 Å². The average molecular weight is 285 g/mol. The van der Waals surface area contributed by atoms with Crippen molar-refractivity contribution in [3.8, 4) is 11.8 Å². The summed E-state index contributed by atoms with van der Waals surface area (Å²) < 4.78 is 0. The summed E-state index contributed by atoms with van der Waals surface area (Å²) in [6.45, 7) is 1.71. The highest BCUT2D eigenvalue weighted by atomic mass is 16.3. The van der Waals surface area contributed by atoms with Crippen LogP contribution in [0.25, 0.3) is 0 Å². The van der Waals surface area contributed by atoms with E-state index < -0.39 is 0 Å². The first-order chi connectivity index (χ1) is 10.3. The van der Waals surface area contributed by atoms with Gasteiger partial charge in [-0.25, -0.2) is 9.97 Å². The van der Waals surface area contributed by atoms with Crippen LogP contribution in [0, 0.1) is 17.8 Å². The summed E-state index contributed by atoms with van der Waals surface area (Å²) in [5, 5.41) is 9.57. The maximum Gasteiger partial charge on any atom is 0.206 e. The van der Waals surface area contributed by atoms with Gasteiger partial charge < -0.3 is 10.0 Å². The lowest BCUT2D eigenvalue weighted by Gasteiger charge is -2.30. The molecular weight excluding hydrogens is 262 g/mol. The second kappa shape index (κ2) is 6.91. The molecule has 0 unspecified atom stereocenters. The number of rotatable bonds is 2. The topological polar surface area (TPSA) is 49.2 Å². The quantitative estimate of drug-likeness (QED) is 0.848. The Morgan fingerprint density at radius 3 is 2.71 bits per heavy atom. The Kier molecular flexibility index (Phi) is 4.72. The smallest absolute Gasteiger partial charge is 0.206 e. The van der Waals surface area contributed by atoms with Crippen molar-refractivity contribution in [1.82, 2.24) is 9.97 Å². The predicted molar refractivity (Wildman–Crippen MR) is 82.9 cm³/mol. The molecule has 1 N–H and O–H groups in total. The van der Waals surface area contributed by atoms with Crippen molar-refractivity contribution in [1.29, 1.82) is 0 Å². The van der Waals surface area contributed by atoms with Crippen molar-refractivity contribution < 1.29 is 5.11 Å². The van der Waals surface area contributed by atoms with Gasteiger partial charge in [-0.1, -0.05) is 18.8 Å². The molecule has 1 saturated heterocycles. The fourth-order valence-electron chi connectivity index (χ4n) is 3.17. The Labute approximate surface area is 126 Å². The van der Waals surface area contributed by atoms with Crippen molar-refractivity contribution in [2.75, 3.05) is 18.0 Å². The van der Waals surface area contributed by atoms with E-state index in [1.807, 2.05) is 6.07 Å². The molecule has 0 bridgehead atoms. The van der Waals surface area contributed by atoms with Crippen LogP contribution in [0.3, 0.4) is 0 Å². The fraction of sp³-hybridized carbons (Fsp3) is 0.647. The minimum atomic E-state index is -0.159. The van der Waals surface area contributed by atoms with Crippen molar-refractivity contribution in [2.24, 2.45) is 5.92 Å². The molecule has 1 aromatic rings. The molecule has 4 heteroatoms. The third kappa shape index (κ3) is 3.95. The predicted octanol–water partition coefficient (Wildman–Crippen LogP) is 2.37. The van der Waals surface area contributed by atoms with Gasteiger partial charge in [-0.2, -0.15) is 0 Å². The minimum absolute atomic E-state index is 0.159. The highest BCUT2D eigenvalue weighted by Crippen LogP contribution is 2.26. The molecule has 112 valence electrons. The van der Waals surface area contributed by atoms with E-state index in [1.165, 1.54) is 25.7 Å². The first-order valence-corrected chi connectivity index (χ1v) is 8.06. The Morgan fingerprint density at radius 2 is 1.95 bits per heavy atom. The highest BCUT2D eigenvalue weighted by molar-refractivity contribution is 5.40. The van der Waals surface area contributed by atoms with E-state index in [2.05, 4.69) is 26.7 Å². The molecule has 2 aliphatic rings. The van der Waals surface area contributed by atoms with Crippen LogP contribution >= 0.6 is 0 Å². The summed E-state index contributed by atoms with van der Waals surface area (Å²) in [4.78, 5) is 11.0. The van der Waals surface area contributed by atoms with Crippen LogP contribution in [0.4, 0.5) is 5.82 Å². The van der Waals surface area contributed by atoms with Gasteiger partial charge in [0.2, 0.25) is 5.82 Å². The van der Waals surface area contributed by atoms with Gasteiger partial charge in [0, 0.05) is 25.7 Å². The van der Waals surface area contributed by atoms with E-state index in [0.29, 0.717) is 5.82 Å². The summed E-state index contributed by atoms with van der Waals surface area (Å²) in [5.41, 5.74) is 0. The summed E-state index contributed by atoms with van der Waals surface area (Å²) in [6, 6.07) is 1.93.